The van der Waals surface area contributed by atoms with Crippen molar-refractivity contribution in [2.45, 2.75) is 30.8 Å². The third-order valence-corrected chi connectivity index (χ3v) is 1.96. The molecule has 0 bridgehead atoms. The molecule has 0 radical (unpaired) electrons. The molecular formula is C9H14O2S. The summed E-state index contributed by atoms with van der Waals surface area (Å²) >= 11 is 4.24. The summed E-state index contributed by atoms with van der Waals surface area (Å²) in [7, 11) is 0. The van der Waals surface area contributed by atoms with Gasteiger partial charge < -0.3 is 10.2 Å². The zero-order chi connectivity index (χ0) is 9.14. The van der Waals surface area contributed by atoms with Crippen LogP contribution in [0, 0.1) is 0 Å². The highest BCUT2D eigenvalue weighted by Gasteiger charge is 2.15. The monoisotopic (exact) mass is 186 g/mol. The summed E-state index contributed by atoms with van der Waals surface area (Å²) in [5.74, 6) is 0. The first kappa shape index (κ1) is 9.84. The van der Waals surface area contributed by atoms with Crippen LogP contribution in [0.5, 0.6) is 0 Å². The van der Waals surface area contributed by atoms with Crippen molar-refractivity contribution in [3.05, 3.63) is 23.8 Å². The van der Waals surface area contributed by atoms with Gasteiger partial charge >= 0.3 is 0 Å². The van der Waals surface area contributed by atoms with Crippen LogP contribution in [0.25, 0.3) is 0 Å². The minimum Gasteiger partial charge on any atom is -0.386 e. The predicted molar refractivity (Wildman–Crippen MR) is 52.3 cm³/mol. The molecule has 2 nitrogen and oxygen atoms in total. The Kier molecular flexibility index (Phi) is 3.38. The molecule has 0 aromatic rings. The summed E-state index contributed by atoms with van der Waals surface area (Å²) in [6, 6.07) is 0. The van der Waals surface area contributed by atoms with Crippen LogP contribution in [0.1, 0.15) is 13.3 Å². The first-order valence-corrected chi connectivity index (χ1v) is 4.54. The van der Waals surface area contributed by atoms with E-state index in [-0.39, 0.29) is 5.25 Å². The zero-order valence-electron chi connectivity index (χ0n) is 7.01. The normalized spacial score (nSPS) is 31.5. The van der Waals surface area contributed by atoms with E-state index in [4.69, 9.17) is 5.11 Å². The van der Waals surface area contributed by atoms with Crippen LogP contribution >= 0.6 is 12.6 Å². The summed E-state index contributed by atoms with van der Waals surface area (Å²) in [4.78, 5) is 0. The van der Waals surface area contributed by atoms with Crippen LogP contribution in [0.2, 0.25) is 0 Å². The Labute approximate surface area is 78.0 Å². The van der Waals surface area contributed by atoms with E-state index in [9.17, 15) is 5.11 Å². The quantitative estimate of drug-likeness (QED) is 0.561. The molecule has 2 N–H and O–H groups in total. The predicted octanol–water partition coefficient (Wildman–Crippen LogP) is 0.913. The second-order valence-corrected chi connectivity index (χ2v) is 4.02. The molecule has 0 aromatic carbocycles. The Morgan fingerprint density at radius 1 is 1.50 bits per heavy atom. The second kappa shape index (κ2) is 4.12. The minimum atomic E-state index is -0.753. The van der Waals surface area contributed by atoms with E-state index in [0.29, 0.717) is 0 Å². The highest BCUT2D eigenvalue weighted by atomic mass is 32.1. The summed E-state index contributed by atoms with van der Waals surface area (Å²) in [5.41, 5.74) is 1.04. The molecule has 0 saturated carbocycles. The van der Waals surface area contributed by atoms with Gasteiger partial charge in [0.1, 0.15) is 12.2 Å². The highest BCUT2D eigenvalue weighted by Crippen LogP contribution is 2.17. The average Bonchev–Trinajstić information content (AvgIpc) is 1.96. The fraction of sp³-hybridized carbons (Fsp3) is 0.556. The maximum atomic E-state index is 9.26. The molecule has 0 aromatic heterocycles. The van der Waals surface area contributed by atoms with Crippen molar-refractivity contribution in [1.82, 2.24) is 0 Å². The van der Waals surface area contributed by atoms with Gasteiger partial charge in [0.15, 0.2) is 0 Å². The summed E-state index contributed by atoms with van der Waals surface area (Å²) < 4.78 is 0. The Morgan fingerprint density at radius 2 is 2.17 bits per heavy atom. The largest absolute Gasteiger partial charge is 0.386 e. The number of allylic oxidation sites excluding steroid dienone is 2. The van der Waals surface area contributed by atoms with Gasteiger partial charge in [0.25, 0.3) is 0 Å². The molecule has 1 aliphatic rings. The van der Waals surface area contributed by atoms with E-state index in [1.54, 1.807) is 12.2 Å². The van der Waals surface area contributed by atoms with Crippen molar-refractivity contribution in [3.8, 4) is 0 Å². The fourth-order valence-electron chi connectivity index (χ4n) is 1.19. The van der Waals surface area contributed by atoms with Crippen LogP contribution in [0.15, 0.2) is 23.8 Å². The van der Waals surface area contributed by atoms with Crippen LogP contribution < -0.4 is 0 Å². The Hall–Kier alpha value is -0.250. The SMILES string of the molecule is CC(S)CC1=CC(O)C(O)C=C1. The number of hydrogen-bond donors (Lipinski definition) is 3. The van der Waals surface area contributed by atoms with Crippen LogP contribution in [0.3, 0.4) is 0 Å². The first-order valence-electron chi connectivity index (χ1n) is 4.02. The van der Waals surface area contributed by atoms with Gasteiger partial charge in [-0.25, -0.2) is 0 Å². The second-order valence-electron chi connectivity index (χ2n) is 3.14. The van der Waals surface area contributed by atoms with Gasteiger partial charge in [-0.3, -0.25) is 0 Å². The number of hydrogen-bond acceptors (Lipinski definition) is 3. The topological polar surface area (TPSA) is 40.5 Å². The van der Waals surface area contributed by atoms with E-state index >= 15 is 0 Å². The van der Waals surface area contributed by atoms with E-state index in [0.717, 1.165) is 12.0 Å². The highest BCUT2D eigenvalue weighted by molar-refractivity contribution is 7.80. The van der Waals surface area contributed by atoms with Crippen LogP contribution in [-0.2, 0) is 0 Å². The molecule has 3 unspecified atom stereocenters. The fourth-order valence-corrected chi connectivity index (χ4v) is 1.40. The van der Waals surface area contributed by atoms with Crippen LogP contribution in [0.4, 0.5) is 0 Å². The van der Waals surface area contributed by atoms with Gasteiger partial charge in [-0.15, -0.1) is 0 Å². The van der Waals surface area contributed by atoms with Crippen molar-refractivity contribution in [1.29, 1.82) is 0 Å². The van der Waals surface area contributed by atoms with Gasteiger partial charge in [-0.05, 0) is 12.0 Å². The first-order chi connectivity index (χ1) is 5.59. The molecule has 1 rings (SSSR count). The maximum absolute atomic E-state index is 9.26. The lowest BCUT2D eigenvalue weighted by Crippen LogP contribution is -2.24. The standard InChI is InChI=1S/C9H14O2S/c1-6(12)4-7-2-3-8(10)9(11)5-7/h2-3,5-6,8-12H,4H2,1H3. The lowest BCUT2D eigenvalue weighted by Gasteiger charge is -2.17. The number of rotatable bonds is 2. The Balaban J connectivity index is 2.57. The zero-order valence-corrected chi connectivity index (χ0v) is 7.91. The molecule has 0 fully saturated rings. The Bertz CT molecular complexity index is 209. The van der Waals surface area contributed by atoms with Crippen molar-refractivity contribution >= 4 is 12.6 Å². The summed E-state index contributed by atoms with van der Waals surface area (Å²) in [6.07, 6.45) is 4.45. The third-order valence-electron chi connectivity index (χ3n) is 1.77. The van der Waals surface area contributed by atoms with Gasteiger partial charge in [0.2, 0.25) is 0 Å². The number of thiol groups is 1. The maximum Gasteiger partial charge on any atom is 0.102 e. The van der Waals surface area contributed by atoms with Crippen molar-refractivity contribution in [2.24, 2.45) is 0 Å². The van der Waals surface area contributed by atoms with Crippen molar-refractivity contribution < 1.29 is 10.2 Å². The number of aliphatic hydroxyl groups excluding tert-OH is 2. The minimum absolute atomic E-state index is 0.281. The molecule has 68 valence electrons. The van der Waals surface area contributed by atoms with E-state index < -0.39 is 12.2 Å². The van der Waals surface area contributed by atoms with Crippen molar-refractivity contribution in [2.75, 3.05) is 0 Å². The molecule has 3 heteroatoms. The number of aliphatic hydroxyl groups is 2. The summed E-state index contributed by atoms with van der Waals surface area (Å²) in [6.45, 7) is 2.00. The van der Waals surface area contributed by atoms with E-state index in [2.05, 4.69) is 12.6 Å². The smallest absolute Gasteiger partial charge is 0.102 e. The summed E-state index contributed by atoms with van der Waals surface area (Å²) in [5, 5.41) is 18.7. The van der Waals surface area contributed by atoms with Crippen molar-refractivity contribution in [3.63, 3.8) is 0 Å². The Morgan fingerprint density at radius 3 is 2.67 bits per heavy atom. The van der Waals surface area contributed by atoms with Gasteiger partial charge in [0.05, 0.1) is 0 Å². The molecule has 3 atom stereocenters. The molecule has 0 heterocycles. The molecule has 0 saturated heterocycles. The van der Waals surface area contributed by atoms with Crippen LogP contribution in [-0.4, -0.2) is 27.7 Å². The molecule has 0 spiro atoms. The van der Waals surface area contributed by atoms with Gasteiger partial charge in [-0.2, -0.15) is 12.6 Å². The van der Waals surface area contributed by atoms with Gasteiger partial charge in [-0.1, -0.05) is 25.2 Å². The van der Waals surface area contributed by atoms with E-state index in [1.165, 1.54) is 0 Å². The average molecular weight is 186 g/mol. The lowest BCUT2D eigenvalue weighted by atomic mass is 9.99. The molecule has 12 heavy (non-hydrogen) atoms. The molecule has 0 amide bonds. The molecule has 1 aliphatic carbocycles. The van der Waals surface area contributed by atoms with Gasteiger partial charge in [0, 0.05) is 5.25 Å². The molecular weight excluding hydrogens is 172 g/mol. The molecule has 0 aliphatic heterocycles. The third kappa shape index (κ3) is 2.66. The lowest BCUT2D eigenvalue weighted by molar-refractivity contribution is 0.0785. The van der Waals surface area contributed by atoms with E-state index in [1.807, 2.05) is 13.0 Å².